The zero-order valence-electron chi connectivity index (χ0n) is 15.1. The van der Waals surface area contributed by atoms with Gasteiger partial charge < -0.3 is 10.6 Å². The van der Waals surface area contributed by atoms with Gasteiger partial charge in [-0.25, -0.2) is 8.42 Å². The molecule has 0 aliphatic rings. The predicted octanol–water partition coefficient (Wildman–Crippen LogP) is 3.37. The number of amides is 1. The number of rotatable bonds is 10. The van der Waals surface area contributed by atoms with Gasteiger partial charge in [0.15, 0.2) is 9.84 Å². The number of thiophene rings is 1. The first-order chi connectivity index (χ1) is 13.2. The van der Waals surface area contributed by atoms with E-state index in [0.717, 1.165) is 29.0 Å². The molecule has 1 aromatic carbocycles. The Morgan fingerprint density at radius 1 is 1.25 bits per heavy atom. The molecule has 8 nitrogen and oxygen atoms in total. The molecule has 1 aromatic heterocycles. The van der Waals surface area contributed by atoms with E-state index in [1.54, 1.807) is 11.3 Å². The number of nitro benzene ring substituents is 1. The second kappa shape index (κ2) is 9.99. The maximum Gasteiger partial charge on any atom is 0.293 e. The molecule has 1 amide bonds. The molecule has 0 spiro atoms. The average molecular weight is 490 g/mol. The van der Waals surface area contributed by atoms with Crippen LogP contribution in [0.2, 0.25) is 0 Å². The summed E-state index contributed by atoms with van der Waals surface area (Å²) in [5, 5.41) is 16.8. The summed E-state index contributed by atoms with van der Waals surface area (Å²) in [4.78, 5) is 23.5. The maximum atomic E-state index is 11.9. The van der Waals surface area contributed by atoms with Crippen molar-refractivity contribution in [2.45, 2.75) is 24.2 Å². The number of hydrogen-bond donors (Lipinski definition) is 2. The van der Waals surface area contributed by atoms with E-state index in [2.05, 4.69) is 26.6 Å². The fraction of sp³-hybridized carbons (Fsp3) is 0.353. The van der Waals surface area contributed by atoms with Gasteiger partial charge >= 0.3 is 0 Å². The number of sulfone groups is 1. The molecule has 2 aromatic rings. The lowest BCUT2D eigenvalue weighted by atomic mass is 10.2. The Balaban J connectivity index is 1.78. The van der Waals surface area contributed by atoms with E-state index >= 15 is 0 Å². The van der Waals surface area contributed by atoms with Gasteiger partial charge in [0.25, 0.3) is 5.69 Å². The van der Waals surface area contributed by atoms with Gasteiger partial charge in [0.05, 0.1) is 13.6 Å². The van der Waals surface area contributed by atoms with Gasteiger partial charge in [0.1, 0.15) is 5.69 Å². The number of nitro groups is 1. The number of anilines is 1. The van der Waals surface area contributed by atoms with Crippen LogP contribution in [0.5, 0.6) is 0 Å². The van der Waals surface area contributed by atoms with Crippen molar-refractivity contribution in [3.05, 3.63) is 49.1 Å². The summed E-state index contributed by atoms with van der Waals surface area (Å²) in [6.07, 6.45) is 2.97. The number of aryl methyl sites for hydroxylation is 1. The Morgan fingerprint density at radius 2 is 2.00 bits per heavy atom. The molecule has 152 valence electrons. The van der Waals surface area contributed by atoms with Crippen molar-refractivity contribution in [2.75, 3.05) is 24.7 Å². The molecule has 0 radical (unpaired) electrons. The van der Waals surface area contributed by atoms with Crippen LogP contribution < -0.4 is 10.6 Å². The van der Waals surface area contributed by atoms with Gasteiger partial charge in [0.2, 0.25) is 5.91 Å². The largest absolute Gasteiger partial charge is 0.378 e. The van der Waals surface area contributed by atoms with Crippen LogP contribution in [0.15, 0.2) is 39.0 Å². The van der Waals surface area contributed by atoms with E-state index in [1.165, 1.54) is 17.0 Å². The number of halogens is 1. The van der Waals surface area contributed by atoms with Crippen molar-refractivity contribution >= 4 is 54.4 Å². The molecule has 0 saturated carbocycles. The van der Waals surface area contributed by atoms with Crippen LogP contribution in [0.4, 0.5) is 11.4 Å². The second-order valence-corrected chi connectivity index (χ2v) is 10.6. The molecule has 1 heterocycles. The van der Waals surface area contributed by atoms with Crippen LogP contribution in [0.1, 0.15) is 17.7 Å². The summed E-state index contributed by atoms with van der Waals surface area (Å²) in [5.74, 6) is -0.0839. The third kappa shape index (κ3) is 6.88. The predicted molar refractivity (Wildman–Crippen MR) is 113 cm³/mol. The molecule has 2 N–H and O–H groups in total. The van der Waals surface area contributed by atoms with Crippen molar-refractivity contribution < 1.29 is 18.1 Å². The molecule has 28 heavy (non-hydrogen) atoms. The van der Waals surface area contributed by atoms with Gasteiger partial charge in [-0.15, -0.1) is 11.3 Å². The number of nitrogens with one attached hydrogen (secondary N) is 2. The van der Waals surface area contributed by atoms with Crippen LogP contribution in [-0.4, -0.2) is 38.6 Å². The Morgan fingerprint density at radius 3 is 2.61 bits per heavy atom. The Kier molecular flexibility index (Phi) is 7.96. The molecule has 0 saturated heterocycles. The lowest BCUT2D eigenvalue weighted by Gasteiger charge is -2.09. The van der Waals surface area contributed by atoms with Gasteiger partial charge in [0, 0.05) is 36.7 Å². The Bertz CT molecular complexity index is 959. The van der Waals surface area contributed by atoms with Crippen LogP contribution in [0, 0.1) is 10.1 Å². The fourth-order valence-corrected chi connectivity index (χ4v) is 4.61. The normalized spacial score (nSPS) is 11.2. The molecule has 0 fully saturated rings. The zero-order chi connectivity index (χ0) is 20.7. The van der Waals surface area contributed by atoms with E-state index in [-0.39, 0.29) is 28.7 Å². The molecule has 11 heteroatoms. The van der Waals surface area contributed by atoms with Gasteiger partial charge in [-0.1, -0.05) is 0 Å². The highest BCUT2D eigenvalue weighted by Gasteiger charge is 2.18. The number of hydrogen-bond acceptors (Lipinski definition) is 7. The van der Waals surface area contributed by atoms with E-state index < -0.39 is 14.8 Å². The lowest BCUT2D eigenvalue weighted by molar-refractivity contribution is -0.384. The molecule has 0 aliphatic heterocycles. The van der Waals surface area contributed by atoms with Crippen LogP contribution in [-0.2, 0) is 21.1 Å². The summed E-state index contributed by atoms with van der Waals surface area (Å²) >= 11 is 5.05. The van der Waals surface area contributed by atoms with Crippen molar-refractivity contribution in [1.82, 2.24) is 5.32 Å². The van der Waals surface area contributed by atoms with Gasteiger partial charge in [-0.2, -0.15) is 0 Å². The SMILES string of the molecule is CS(=O)(=O)c1ccc(NCCNC(=O)CCCc2ccc(Br)s2)c([N+](=O)[O-])c1. The minimum atomic E-state index is -3.53. The van der Waals surface area contributed by atoms with E-state index in [9.17, 15) is 23.3 Å². The van der Waals surface area contributed by atoms with Gasteiger partial charge in [-0.05, 0) is 53.0 Å². The monoisotopic (exact) mass is 489 g/mol. The zero-order valence-corrected chi connectivity index (χ0v) is 18.3. The number of benzene rings is 1. The molecule has 0 atom stereocenters. The summed E-state index contributed by atoms with van der Waals surface area (Å²) in [7, 11) is -3.53. The summed E-state index contributed by atoms with van der Waals surface area (Å²) < 4.78 is 24.1. The van der Waals surface area contributed by atoms with Crippen LogP contribution in [0.25, 0.3) is 0 Å². The molecular weight excluding hydrogens is 470 g/mol. The van der Waals surface area contributed by atoms with Crippen molar-refractivity contribution in [2.24, 2.45) is 0 Å². The molecule has 2 rings (SSSR count). The minimum Gasteiger partial charge on any atom is -0.378 e. The number of carbonyl (C=O) groups is 1. The quantitative estimate of drug-likeness (QED) is 0.300. The van der Waals surface area contributed by atoms with E-state index in [1.807, 2.05) is 12.1 Å². The van der Waals surface area contributed by atoms with E-state index in [0.29, 0.717) is 13.0 Å². The van der Waals surface area contributed by atoms with Crippen molar-refractivity contribution in [3.63, 3.8) is 0 Å². The summed E-state index contributed by atoms with van der Waals surface area (Å²) in [6.45, 7) is 0.580. The van der Waals surface area contributed by atoms with E-state index in [4.69, 9.17) is 0 Å². The topological polar surface area (TPSA) is 118 Å². The highest BCUT2D eigenvalue weighted by Crippen LogP contribution is 2.27. The van der Waals surface area contributed by atoms with Gasteiger partial charge in [-0.3, -0.25) is 14.9 Å². The minimum absolute atomic E-state index is 0.0839. The molecule has 0 aliphatic carbocycles. The first kappa shape index (κ1) is 22.3. The highest BCUT2D eigenvalue weighted by molar-refractivity contribution is 9.11. The first-order valence-electron chi connectivity index (χ1n) is 8.40. The molecule has 0 bridgehead atoms. The fourth-order valence-electron chi connectivity index (χ4n) is 2.44. The summed E-state index contributed by atoms with van der Waals surface area (Å²) in [5.41, 5.74) is -0.119. The average Bonchev–Trinajstić information content (AvgIpc) is 3.03. The molecular formula is C17H20BrN3O5S2. The maximum absolute atomic E-state index is 11.9. The second-order valence-electron chi connectivity index (χ2n) is 6.04. The Labute approximate surface area is 175 Å². The van der Waals surface area contributed by atoms with Crippen LogP contribution in [0.3, 0.4) is 0 Å². The lowest BCUT2D eigenvalue weighted by Crippen LogP contribution is -2.28. The van der Waals surface area contributed by atoms with Crippen LogP contribution >= 0.6 is 27.3 Å². The standard InChI is InChI=1S/C17H20BrN3O5S2/c1-28(25,26)13-6-7-14(15(11-13)21(23)24)19-9-10-20-17(22)4-2-3-12-5-8-16(18)27-12/h5-8,11,19H,2-4,9-10H2,1H3,(H,20,22). The summed E-state index contributed by atoms with van der Waals surface area (Å²) in [6, 6.07) is 7.70. The number of nitrogens with zero attached hydrogens (tertiary/aromatic N) is 1. The van der Waals surface area contributed by atoms with Crippen molar-refractivity contribution in [3.8, 4) is 0 Å². The molecule has 0 unspecified atom stereocenters. The Hall–Kier alpha value is -1.98. The first-order valence-corrected chi connectivity index (χ1v) is 11.9. The number of carbonyl (C=O) groups excluding carboxylic acids is 1. The third-order valence-corrected chi connectivity index (χ3v) is 6.61. The smallest absolute Gasteiger partial charge is 0.293 e. The third-order valence-electron chi connectivity index (χ3n) is 3.81. The van der Waals surface area contributed by atoms with Crippen molar-refractivity contribution in [1.29, 1.82) is 0 Å². The highest BCUT2D eigenvalue weighted by atomic mass is 79.9.